The number of rotatable bonds is 4. The van der Waals surface area contributed by atoms with Gasteiger partial charge in [0.2, 0.25) is 5.91 Å². The maximum absolute atomic E-state index is 12.9. The smallest absolute Gasteiger partial charge is 0.236 e. The first-order valence-electron chi connectivity index (χ1n) is 11.4. The summed E-state index contributed by atoms with van der Waals surface area (Å²) < 4.78 is 0. The number of fused-ring (bicyclic) bond motifs is 1. The molecular formula is C24H32N4OS. The van der Waals surface area contributed by atoms with Gasteiger partial charge in [-0.1, -0.05) is 23.6 Å². The Labute approximate surface area is 183 Å². The number of hydrogen-bond donors (Lipinski definition) is 0. The van der Waals surface area contributed by atoms with Crippen LogP contribution in [0.15, 0.2) is 18.2 Å². The van der Waals surface area contributed by atoms with Gasteiger partial charge in [0, 0.05) is 62.2 Å². The Bertz CT molecular complexity index is 907. The summed E-state index contributed by atoms with van der Waals surface area (Å²) in [4.78, 5) is 26.1. The van der Waals surface area contributed by atoms with Gasteiger partial charge in [0.05, 0.1) is 12.2 Å². The van der Waals surface area contributed by atoms with E-state index in [2.05, 4.69) is 46.7 Å². The number of carbonyl (C=O) groups is 1. The quantitative estimate of drug-likeness (QED) is 0.753. The average Bonchev–Trinajstić information content (AvgIpc) is 3.10. The molecule has 0 radical (unpaired) electrons. The van der Waals surface area contributed by atoms with Crippen LogP contribution in [0.5, 0.6) is 0 Å². The van der Waals surface area contributed by atoms with E-state index in [0.717, 1.165) is 56.7 Å². The van der Waals surface area contributed by atoms with Crippen molar-refractivity contribution in [2.24, 2.45) is 0 Å². The highest BCUT2D eigenvalue weighted by atomic mass is 32.1. The van der Waals surface area contributed by atoms with Crippen LogP contribution in [-0.4, -0.2) is 70.9 Å². The minimum atomic E-state index is 0.297. The summed E-state index contributed by atoms with van der Waals surface area (Å²) in [7, 11) is 0. The summed E-state index contributed by atoms with van der Waals surface area (Å²) in [5.41, 5.74) is 5.01. The monoisotopic (exact) mass is 424 g/mol. The van der Waals surface area contributed by atoms with E-state index in [0.29, 0.717) is 12.5 Å². The van der Waals surface area contributed by atoms with E-state index in [1.165, 1.54) is 46.5 Å². The summed E-state index contributed by atoms with van der Waals surface area (Å²) in [6.45, 7) is 10.5. The van der Waals surface area contributed by atoms with Gasteiger partial charge in [0.1, 0.15) is 5.01 Å². The van der Waals surface area contributed by atoms with Crippen LogP contribution in [0.2, 0.25) is 0 Å². The van der Waals surface area contributed by atoms with Gasteiger partial charge in [-0.05, 0) is 38.8 Å². The summed E-state index contributed by atoms with van der Waals surface area (Å²) in [6.07, 6.45) is 5.02. The fraction of sp³-hybridized carbons (Fsp3) is 0.583. The van der Waals surface area contributed by atoms with Crippen LogP contribution >= 0.6 is 11.3 Å². The van der Waals surface area contributed by atoms with E-state index in [1.54, 1.807) is 11.3 Å². The van der Waals surface area contributed by atoms with E-state index in [1.807, 2.05) is 0 Å². The molecule has 5 rings (SSSR count). The normalized spacial score (nSPS) is 20.8. The van der Waals surface area contributed by atoms with Gasteiger partial charge >= 0.3 is 0 Å². The highest BCUT2D eigenvalue weighted by Gasteiger charge is 2.30. The van der Waals surface area contributed by atoms with E-state index in [4.69, 9.17) is 4.98 Å². The molecule has 5 nitrogen and oxygen atoms in total. The van der Waals surface area contributed by atoms with Gasteiger partial charge in [-0.25, -0.2) is 4.98 Å². The summed E-state index contributed by atoms with van der Waals surface area (Å²) >= 11 is 1.80. The molecule has 1 saturated heterocycles. The molecule has 6 heteroatoms. The zero-order valence-corrected chi connectivity index (χ0v) is 19.0. The van der Waals surface area contributed by atoms with E-state index >= 15 is 0 Å². The molecule has 2 aliphatic heterocycles. The molecule has 30 heavy (non-hydrogen) atoms. The van der Waals surface area contributed by atoms with Crippen molar-refractivity contribution in [1.29, 1.82) is 0 Å². The largest absolute Gasteiger partial charge is 0.339 e. The Kier molecular flexibility index (Phi) is 5.65. The third-order valence-corrected chi connectivity index (χ3v) is 8.03. The van der Waals surface area contributed by atoms with Crippen molar-refractivity contribution in [3.8, 4) is 10.6 Å². The number of carbonyl (C=O) groups excluding carboxylic acids is 1. The molecule has 0 atom stereocenters. The second-order valence-electron chi connectivity index (χ2n) is 9.23. The lowest BCUT2D eigenvalue weighted by molar-refractivity contribution is -0.135. The first-order valence-corrected chi connectivity index (χ1v) is 12.2. The number of piperazine rings is 1. The third kappa shape index (κ3) is 4.18. The molecule has 1 amide bonds. The number of benzene rings is 1. The number of aryl methyl sites for hydroxylation is 2. The van der Waals surface area contributed by atoms with Crippen molar-refractivity contribution in [2.75, 3.05) is 39.3 Å². The fourth-order valence-electron chi connectivity index (χ4n) is 4.98. The predicted octanol–water partition coefficient (Wildman–Crippen LogP) is 3.48. The lowest BCUT2D eigenvalue weighted by Gasteiger charge is -2.43. The van der Waals surface area contributed by atoms with E-state index < -0.39 is 0 Å². The van der Waals surface area contributed by atoms with E-state index in [-0.39, 0.29) is 0 Å². The van der Waals surface area contributed by atoms with Crippen molar-refractivity contribution < 1.29 is 4.79 Å². The van der Waals surface area contributed by atoms with Gasteiger partial charge in [-0.15, -0.1) is 11.3 Å². The van der Waals surface area contributed by atoms with Gasteiger partial charge in [0.25, 0.3) is 0 Å². The van der Waals surface area contributed by atoms with Crippen LogP contribution in [-0.2, 0) is 17.8 Å². The maximum atomic E-state index is 12.9. The maximum Gasteiger partial charge on any atom is 0.236 e. The lowest BCUT2D eigenvalue weighted by Crippen LogP contribution is -2.55. The first-order chi connectivity index (χ1) is 14.5. The van der Waals surface area contributed by atoms with Crippen LogP contribution in [0.3, 0.4) is 0 Å². The van der Waals surface area contributed by atoms with Gasteiger partial charge < -0.3 is 4.90 Å². The second-order valence-corrected chi connectivity index (χ2v) is 10.3. The number of nitrogens with zero attached hydrogens (tertiary/aromatic N) is 4. The topological polar surface area (TPSA) is 39.7 Å². The third-order valence-electron chi connectivity index (χ3n) is 6.90. The Morgan fingerprint density at radius 2 is 1.80 bits per heavy atom. The zero-order chi connectivity index (χ0) is 20.7. The van der Waals surface area contributed by atoms with Crippen molar-refractivity contribution in [1.82, 2.24) is 19.7 Å². The van der Waals surface area contributed by atoms with Crippen LogP contribution < -0.4 is 0 Å². The molecule has 1 aromatic carbocycles. The molecule has 0 N–H and O–H groups in total. The summed E-state index contributed by atoms with van der Waals surface area (Å²) in [5, 5.41) is 1.12. The zero-order valence-electron chi connectivity index (χ0n) is 18.2. The second kappa shape index (κ2) is 8.40. The van der Waals surface area contributed by atoms with Crippen LogP contribution in [0.25, 0.3) is 10.6 Å². The molecule has 1 saturated carbocycles. The number of thiazole rings is 1. The Morgan fingerprint density at radius 3 is 2.47 bits per heavy atom. The molecule has 1 aromatic heterocycles. The molecule has 2 fully saturated rings. The SMILES string of the molecule is Cc1cc(C)cc(-c2nc3c(s2)CN(CC(=O)N2CCN(C4CCC4)CC2)CC3)c1. The molecule has 2 aromatic rings. The Morgan fingerprint density at radius 1 is 1.07 bits per heavy atom. The molecule has 0 bridgehead atoms. The van der Waals surface area contributed by atoms with Crippen molar-refractivity contribution >= 4 is 17.2 Å². The molecule has 3 heterocycles. The number of hydrogen-bond acceptors (Lipinski definition) is 5. The number of amides is 1. The Hall–Kier alpha value is -1.76. The molecule has 0 unspecified atom stereocenters. The molecule has 0 spiro atoms. The molecule has 3 aliphatic rings. The highest BCUT2D eigenvalue weighted by molar-refractivity contribution is 7.15. The fourth-order valence-corrected chi connectivity index (χ4v) is 6.12. The van der Waals surface area contributed by atoms with Crippen LogP contribution in [0, 0.1) is 13.8 Å². The van der Waals surface area contributed by atoms with Crippen molar-refractivity contribution in [2.45, 2.75) is 52.1 Å². The van der Waals surface area contributed by atoms with Gasteiger partial charge in [0.15, 0.2) is 0 Å². The lowest BCUT2D eigenvalue weighted by atomic mass is 9.91. The molecule has 1 aliphatic carbocycles. The minimum Gasteiger partial charge on any atom is -0.339 e. The van der Waals surface area contributed by atoms with Crippen LogP contribution in [0.1, 0.15) is 41.0 Å². The number of aromatic nitrogens is 1. The summed E-state index contributed by atoms with van der Waals surface area (Å²) in [6, 6.07) is 7.44. The van der Waals surface area contributed by atoms with Crippen molar-refractivity contribution in [3.63, 3.8) is 0 Å². The standard InChI is InChI=1S/C24H32N4OS/c1-17-12-18(2)14-19(13-17)24-25-21-6-7-26(15-22(21)30-24)16-23(29)28-10-8-27(9-11-28)20-4-3-5-20/h12-14,20H,3-11,15-16H2,1-2H3. The van der Waals surface area contributed by atoms with Gasteiger partial charge in [-0.3, -0.25) is 14.6 Å². The minimum absolute atomic E-state index is 0.297. The molecule has 160 valence electrons. The summed E-state index contributed by atoms with van der Waals surface area (Å²) in [5.74, 6) is 0.297. The highest BCUT2D eigenvalue weighted by Crippen LogP contribution is 2.32. The van der Waals surface area contributed by atoms with E-state index in [9.17, 15) is 4.79 Å². The first kappa shape index (κ1) is 20.2. The van der Waals surface area contributed by atoms with Crippen molar-refractivity contribution in [3.05, 3.63) is 39.9 Å². The average molecular weight is 425 g/mol. The molecular weight excluding hydrogens is 392 g/mol. The van der Waals surface area contributed by atoms with Gasteiger partial charge in [-0.2, -0.15) is 0 Å². The predicted molar refractivity (Wildman–Crippen MR) is 122 cm³/mol. The Balaban J connectivity index is 1.19. The van der Waals surface area contributed by atoms with Crippen LogP contribution in [0.4, 0.5) is 0 Å².